The van der Waals surface area contributed by atoms with Gasteiger partial charge in [0.2, 0.25) is 0 Å². The highest BCUT2D eigenvalue weighted by Gasteiger charge is 2.21. The molecular formula is C27H26BrIN6O2S. The normalized spacial score (nSPS) is 11.9. The van der Waals surface area contributed by atoms with Crippen molar-refractivity contribution >= 4 is 68.1 Å². The molecular weight excluding hydrogens is 679 g/mol. The van der Waals surface area contributed by atoms with Gasteiger partial charge in [-0.05, 0) is 90.5 Å². The van der Waals surface area contributed by atoms with Crippen molar-refractivity contribution in [3.63, 3.8) is 0 Å². The highest BCUT2D eigenvalue weighted by atomic mass is 127. The molecule has 4 rings (SSSR count). The van der Waals surface area contributed by atoms with E-state index in [-0.39, 0.29) is 5.91 Å². The third-order valence-electron chi connectivity index (χ3n) is 5.56. The van der Waals surface area contributed by atoms with Gasteiger partial charge in [-0.25, -0.2) is 5.43 Å². The van der Waals surface area contributed by atoms with Gasteiger partial charge in [0, 0.05) is 25.0 Å². The number of benzene rings is 3. The van der Waals surface area contributed by atoms with Gasteiger partial charge in [0.05, 0.1) is 25.1 Å². The van der Waals surface area contributed by atoms with Gasteiger partial charge in [0.15, 0.2) is 11.0 Å². The summed E-state index contributed by atoms with van der Waals surface area (Å²) in [5, 5.41) is 16.6. The number of para-hydroxylation sites is 1. The van der Waals surface area contributed by atoms with Gasteiger partial charge >= 0.3 is 0 Å². The van der Waals surface area contributed by atoms with Crippen molar-refractivity contribution in [3.8, 4) is 11.4 Å². The molecule has 1 atom stereocenters. The monoisotopic (exact) mass is 704 g/mol. The van der Waals surface area contributed by atoms with Crippen LogP contribution in [0.3, 0.4) is 0 Å². The number of aromatic nitrogens is 3. The number of thioether (sulfide) groups is 1. The van der Waals surface area contributed by atoms with Gasteiger partial charge in [-0.15, -0.1) is 10.2 Å². The standard InChI is InChI=1S/C27H26BrIN6O2S/c1-17-13-21(29)10-11-23(17)30-16-25-32-34-27(35(25)22-7-5-4-6-8-22)38-18(2)26(36)33-31-15-19-14-20(28)9-12-24(19)37-3/h4-15,18,30H,16H2,1-3H3,(H,33,36)/b31-15-. The third-order valence-corrected chi connectivity index (χ3v) is 7.77. The number of rotatable bonds is 10. The van der Waals surface area contributed by atoms with Gasteiger partial charge in [-0.3, -0.25) is 9.36 Å². The number of carbonyl (C=O) groups excluding carboxylic acids is 1. The fourth-order valence-electron chi connectivity index (χ4n) is 3.60. The topological polar surface area (TPSA) is 93.4 Å². The minimum atomic E-state index is -0.470. The molecule has 0 aliphatic rings. The van der Waals surface area contributed by atoms with Crippen LogP contribution in [0.4, 0.5) is 5.69 Å². The predicted molar refractivity (Wildman–Crippen MR) is 164 cm³/mol. The Kier molecular flexibility index (Phi) is 9.80. The highest BCUT2D eigenvalue weighted by Crippen LogP contribution is 2.27. The first-order valence-corrected chi connectivity index (χ1v) is 14.4. The average molecular weight is 705 g/mol. The lowest BCUT2D eigenvalue weighted by Crippen LogP contribution is -2.27. The van der Waals surface area contributed by atoms with E-state index in [9.17, 15) is 4.79 Å². The Hall–Kier alpha value is -2.90. The Labute approximate surface area is 247 Å². The maximum Gasteiger partial charge on any atom is 0.253 e. The Morgan fingerprint density at radius 2 is 1.97 bits per heavy atom. The Bertz CT molecular complexity index is 1450. The lowest BCUT2D eigenvalue weighted by Gasteiger charge is -2.14. The summed E-state index contributed by atoms with van der Waals surface area (Å²) < 4.78 is 9.39. The summed E-state index contributed by atoms with van der Waals surface area (Å²) in [5.41, 5.74) is 6.47. The third kappa shape index (κ3) is 7.14. The zero-order valence-electron chi connectivity index (χ0n) is 21.0. The van der Waals surface area contributed by atoms with Crippen LogP contribution in [-0.2, 0) is 11.3 Å². The molecule has 1 aromatic heterocycles. The quantitative estimate of drug-likeness (QED) is 0.0885. The summed E-state index contributed by atoms with van der Waals surface area (Å²) in [4.78, 5) is 12.8. The van der Waals surface area contributed by atoms with E-state index in [0.717, 1.165) is 32.8 Å². The van der Waals surface area contributed by atoms with E-state index in [1.54, 1.807) is 13.3 Å². The molecule has 1 unspecified atom stereocenters. The van der Waals surface area contributed by atoms with E-state index in [1.165, 1.54) is 15.3 Å². The molecule has 0 fully saturated rings. The van der Waals surface area contributed by atoms with Crippen LogP contribution in [0, 0.1) is 10.5 Å². The van der Waals surface area contributed by atoms with Crippen molar-refractivity contribution in [1.29, 1.82) is 0 Å². The van der Waals surface area contributed by atoms with Gasteiger partial charge in [0.1, 0.15) is 5.75 Å². The number of hydrazone groups is 1. The number of hydrogen-bond donors (Lipinski definition) is 2. The van der Waals surface area contributed by atoms with E-state index in [4.69, 9.17) is 4.74 Å². The molecule has 0 saturated carbocycles. The minimum absolute atomic E-state index is 0.253. The number of carbonyl (C=O) groups is 1. The highest BCUT2D eigenvalue weighted by molar-refractivity contribution is 14.1. The van der Waals surface area contributed by atoms with Crippen molar-refractivity contribution in [1.82, 2.24) is 20.2 Å². The molecule has 0 aliphatic carbocycles. The van der Waals surface area contributed by atoms with Crippen molar-refractivity contribution in [2.45, 2.75) is 30.8 Å². The van der Waals surface area contributed by atoms with Crippen LogP contribution in [-0.4, -0.2) is 39.2 Å². The van der Waals surface area contributed by atoms with Gasteiger partial charge in [-0.2, -0.15) is 5.10 Å². The largest absolute Gasteiger partial charge is 0.496 e. The maximum absolute atomic E-state index is 12.8. The molecule has 1 heterocycles. The van der Waals surface area contributed by atoms with Crippen LogP contribution in [0.1, 0.15) is 23.9 Å². The number of nitrogens with zero attached hydrogens (tertiary/aromatic N) is 4. The van der Waals surface area contributed by atoms with Crippen LogP contribution in [0.5, 0.6) is 5.75 Å². The van der Waals surface area contributed by atoms with E-state index < -0.39 is 5.25 Å². The average Bonchev–Trinajstić information content (AvgIpc) is 3.30. The first-order chi connectivity index (χ1) is 18.4. The molecule has 0 spiro atoms. The number of halogens is 2. The van der Waals surface area contributed by atoms with Crippen molar-refractivity contribution < 1.29 is 9.53 Å². The molecule has 0 aliphatic heterocycles. The number of hydrogen-bond acceptors (Lipinski definition) is 7. The van der Waals surface area contributed by atoms with Crippen LogP contribution in [0.25, 0.3) is 5.69 Å². The molecule has 0 bridgehead atoms. The Morgan fingerprint density at radius 1 is 1.18 bits per heavy atom. The first-order valence-electron chi connectivity index (χ1n) is 11.7. The molecule has 196 valence electrons. The van der Waals surface area contributed by atoms with Crippen LogP contribution in [0.2, 0.25) is 0 Å². The first kappa shape index (κ1) is 28.1. The molecule has 38 heavy (non-hydrogen) atoms. The summed E-state index contributed by atoms with van der Waals surface area (Å²) in [5.74, 6) is 1.15. The minimum Gasteiger partial charge on any atom is -0.496 e. The number of aryl methyl sites for hydroxylation is 1. The summed E-state index contributed by atoms with van der Waals surface area (Å²) in [7, 11) is 1.59. The fourth-order valence-corrected chi connectivity index (χ4v) is 5.51. The predicted octanol–water partition coefficient (Wildman–Crippen LogP) is 6.19. The second kappa shape index (κ2) is 13.3. The van der Waals surface area contributed by atoms with E-state index in [0.29, 0.717) is 17.5 Å². The van der Waals surface area contributed by atoms with Gasteiger partial charge in [-0.1, -0.05) is 45.9 Å². The van der Waals surface area contributed by atoms with Crippen LogP contribution >= 0.6 is 50.3 Å². The maximum atomic E-state index is 12.8. The molecule has 1 amide bonds. The Balaban J connectivity index is 1.49. The molecule has 3 aromatic carbocycles. The summed E-state index contributed by atoms with van der Waals surface area (Å²) in [6.07, 6.45) is 1.56. The molecule has 0 saturated heterocycles. The number of anilines is 1. The van der Waals surface area contributed by atoms with Gasteiger partial charge < -0.3 is 10.1 Å². The molecule has 4 aromatic rings. The van der Waals surface area contributed by atoms with Crippen molar-refractivity contribution in [2.24, 2.45) is 5.10 Å². The zero-order chi connectivity index (χ0) is 27.1. The molecule has 8 nitrogen and oxygen atoms in total. The smallest absolute Gasteiger partial charge is 0.253 e. The number of ether oxygens (including phenoxy) is 1. The summed E-state index contributed by atoms with van der Waals surface area (Å²) in [6.45, 7) is 4.36. The van der Waals surface area contributed by atoms with Crippen molar-refractivity contribution in [2.75, 3.05) is 12.4 Å². The zero-order valence-corrected chi connectivity index (χ0v) is 25.5. The van der Waals surface area contributed by atoms with E-state index >= 15 is 0 Å². The number of methoxy groups -OCH3 is 1. The lowest BCUT2D eigenvalue weighted by atomic mass is 10.2. The van der Waals surface area contributed by atoms with E-state index in [1.807, 2.05) is 60.0 Å². The van der Waals surface area contributed by atoms with Gasteiger partial charge in [0.25, 0.3) is 5.91 Å². The number of nitrogens with one attached hydrogen (secondary N) is 2. The second-order valence-corrected chi connectivity index (χ2v) is 11.7. The number of amides is 1. The van der Waals surface area contributed by atoms with Crippen molar-refractivity contribution in [3.05, 3.63) is 91.7 Å². The fraction of sp³-hybridized carbons (Fsp3) is 0.185. The molecule has 11 heteroatoms. The lowest BCUT2D eigenvalue weighted by molar-refractivity contribution is -0.120. The summed E-state index contributed by atoms with van der Waals surface area (Å²) >= 11 is 7.06. The molecule has 0 radical (unpaired) electrons. The second-order valence-electron chi connectivity index (χ2n) is 8.26. The van der Waals surface area contributed by atoms with Crippen LogP contribution < -0.4 is 15.5 Å². The summed E-state index contributed by atoms with van der Waals surface area (Å²) in [6, 6.07) is 21.7. The van der Waals surface area contributed by atoms with E-state index in [2.05, 4.69) is 89.7 Å². The molecule has 2 N–H and O–H groups in total. The Morgan fingerprint density at radius 3 is 2.71 bits per heavy atom. The SMILES string of the molecule is COc1ccc(Br)cc1/C=N\NC(=O)C(C)Sc1nnc(CNc2ccc(I)cc2C)n1-c1ccccc1. The van der Waals surface area contributed by atoms with Crippen LogP contribution in [0.15, 0.2) is 81.5 Å².